The van der Waals surface area contributed by atoms with Gasteiger partial charge >= 0.3 is 0 Å². The number of carbonyl (C=O) groups excluding carboxylic acids is 1. The summed E-state index contributed by atoms with van der Waals surface area (Å²) in [6, 6.07) is 14.1. The van der Waals surface area contributed by atoms with Gasteiger partial charge in [-0.05, 0) is 37.9 Å². The van der Waals surface area contributed by atoms with Gasteiger partial charge in [0.1, 0.15) is 0 Å². The second-order valence-corrected chi connectivity index (χ2v) is 6.23. The number of nitrogens with zero attached hydrogens (tertiary/aromatic N) is 2. The highest BCUT2D eigenvalue weighted by molar-refractivity contribution is 5.82. The van der Waals surface area contributed by atoms with Gasteiger partial charge in [0.25, 0.3) is 0 Å². The highest BCUT2D eigenvalue weighted by Crippen LogP contribution is 2.21. The molecule has 1 aromatic carbocycles. The third-order valence-electron chi connectivity index (χ3n) is 4.48. The van der Waals surface area contributed by atoms with Crippen molar-refractivity contribution in [2.24, 2.45) is 0 Å². The van der Waals surface area contributed by atoms with E-state index in [2.05, 4.69) is 27.3 Å². The van der Waals surface area contributed by atoms with Gasteiger partial charge in [-0.15, -0.1) is 0 Å². The molecule has 0 bridgehead atoms. The Hall–Kier alpha value is -2.40. The fourth-order valence-electron chi connectivity index (χ4n) is 3.26. The zero-order valence-electron chi connectivity index (χ0n) is 14.6. The molecule has 0 spiro atoms. The number of pyridine rings is 1. The summed E-state index contributed by atoms with van der Waals surface area (Å²) in [5.41, 5.74) is 2.15. The van der Waals surface area contributed by atoms with Crippen LogP contribution in [0, 0.1) is 0 Å². The fraction of sp³-hybridized carbons (Fsp3) is 0.400. The first-order chi connectivity index (χ1) is 12.3. The number of ether oxygens (including phenoxy) is 1. The Balaban J connectivity index is 1.59. The molecule has 1 aliphatic heterocycles. The van der Waals surface area contributed by atoms with Gasteiger partial charge in [-0.3, -0.25) is 9.69 Å². The summed E-state index contributed by atoms with van der Waals surface area (Å²) in [5, 5.41) is 3.05. The lowest BCUT2D eigenvalue weighted by Gasteiger charge is -2.24. The molecule has 1 saturated heterocycles. The lowest BCUT2D eigenvalue weighted by Crippen LogP contribution is -2.42. The molecule has 2 heterocycles. The lowest BCUT2D eigenvalue weighted by atomic mass is 10.1. The molecule has 0 saturated carbocycles. The van der Waals surface area contributed by atoms with E-state index in [9.17, 15) is 4.79 Å². The van der Waals surface area contributed by atoms with Crippen molar-refractivity contribution in [1.29, 1.82) is 0 Å². The first kappa shape index (κ1) is 17.4. The predicted octanol–water partition coefficient (Wildman–Crippen LogP) is 2.76. The van der Waals surface area contributed by atoms with Gasteiger partial charge in [-0.25, -0.2) is 4.98 Å². The Bertz CT molecular complexity index is 690. The van der Waals surface area contributed by atoms with Gasteiger partial charge in [-0.2, -0.15) is 0 Å². The topological polar surface area (TPSA) is 54.5 Å². The SMILES string of the molecule is CCOc1ncccc1CNC(=O)C1CCCN1Cc1ccccc1. The van der Waals surface area contributed by atoms with E-state index in [0.29, 0.717) is 19.0 Å². The molecule has 132 valence electrons. The number of aromatic nitrogens is 1. The molecule has 5 heteroatoms. The van der Waals surface area contributed by atoms with E-state index < -0.39 is 0 Å². The van der Waals surface area contributed by atoms with E-state index in [-0.39, 0.29) is 11.9 Å². The van der Waals surface area contributed by atoms with Crippen LogP contribution in [-0.2, 0) is 17.9 Å². The molecule has 1 atom stereocenters. The average molecular weight is 339 g/mol. The Labute approximate surface area is 149 Å². The quantitative estimate of drug-likeness (QED) is 0.843. The van der Waals surface area contributed by atoms with Crippen LogP contribution in [0.1, 0.15) is 30.9 Å². The third-order valence-corrected chi connectivity index (χ3v) is 4.48. The molecular formula is C20H25N3O2. The van der Waals surface area contributed by atoms with E-state index in [0.717, 1.165) is 31.5 Å². The van der Waals surface area contributed by atoms with E-state index >= 15 is 0 Å². The number of rotatable bonds is 7. The molecule has 1 N–H and O–H groups in total. The van der Waals surface area contributed by atoms with Crippen molar-refractivity contribution in [3.8, 4) is 5.88 Å². The van der Waals surface area contributed by atoms with E-state index in [4.69, 9.17) is 4.74 Å². The van der Waals surface area contributed by atoms with E-state index in [1.807, 2.05) is 37.3 Å². The molecule has 1 fully saturated rings. The standard InChI is InChI=1S/C20H25N3O2/c1-2-25-20-17(10-6-12-21-20)14-22-19(24)18-11-7-13-23(18)15-16-8-4-3-5-9-16/h3-6,8-10,12,18H,2,7,11,13-15H2,1H3,(H,22,24). The minimum Gasteiger partial charge on any atom is -0.478 e. The Morgan fingerprint density at radius 1 is 1.28 bits per heavy atom. The number of amides is 1. The molecule has 1 aromatic heterocycles. The summed E-state index contributed by atoms with van der Waals surface area (Å²) < 4.78 is 5.52. The van der Waals surface area contributed by atoms with Crippen molar-refractivity contribution in [3.05, 3.63) is 59.8 Å². The number of benzene rings is 1. The normalized spacial score (nSPS) is 17.4. The molecule has 3 rings (SSSR count). The van der Waals surface area contributed by atoms with E-state index in [1.165, 1.54) is 5.56 Å². The average Bonchev–Trinajstić information content (AvgIpc) is 3.10. The first-order valence-corrected chi connectivity index (χ1v) is 8.90. The van der Waals surface area contributed by atoms with Crippen molar-refractivity contribution >= 4 is 5.91 Å². The van der Waals surface area contributed by atoms with Gasteiger partial charge in [0.15, 0.2) is 0 Å². The molecule has 5 nitrogen and oxygen atoms in total. The summed E-state index contributed by atoms with van der Waals surface area (Å²) >= 11 is 0. The molecule has 0 aliphatic carbocycles. The maximum Gasteiger partial charge on any atom is 0.237 e. The lowest BCUT2D eigenvalue weighted by molar-refractivity contribution is -0.125. The number of hydrogen-bond acceptors (Lipinski definition) is 4. The van der Waals surface area contributed by atoms with Gasteiger partial charge in [0.05, 0.1) is 12.6 Å². The van der Waals surface area contributed by atoms with Crippen LogP contribution in [0.2, 0.25) is 0 Å². The van der Waals surface area contributed by atoms with Crippen LogP contribution in [0.15, 0.2) is 48.7 Å². The predicted molar refractivity (Wildman–Crippen MR) is 97.1 cm³/mol. The molecular weight excluding hydrogens is 314 g/mol. The second kappa shape index (κ2) is 8.62. The van der Waals surface area contributed by atoms with Crippen molar-refractivity contribution in [2.45, 2.75) is 38.9 Å². The maximum absolute atomic E-state index is 12.7. The number of carbonyl (C=O) groups is 1. The minimum atomic E-state index is -0.0626. The smallest absolute Gasteiger partial charge is 0.237 e. The van der Waals surface area contributed by atoms with Crippen LogP contribution < -0.4 is 10.1 Å². The monoisotopic (exact) mass is 339 g/mol. The van der Waals surface area contributed by atoms with Crippen LogP contribution in [0.5, 0.6) is 5.88 Å². The Morgan fingerprint density at radius 2 is 2.12 bits per heavy atom. The summed E-state index contributed by atoms with van der Waals surface area (Å²) in [6.45, 7) is 4.71. The van der Waals surface area contributed by atoms with Crippen molar-refractivity contribution < 1.29 is 9.53 Å². The highest BCUT2D eigenvalue weighted by Gasteiger charge is 2.30. The maximum atomic E-state index is 12.7. The molecule has 25 heavy (non-hydrogen) atoms. The van der Waals surface area contributed by atoms with Gasteiger partial charge in [0.2, 0.25) is 11.8 Å². The van der Waals surface area contributed by atoms with Crippen LogP contribution in [-0.4, -0.2) is 35.0 Å². The van der Waals surface area contributed by atoms with E-state index in [1.54, 1.807) is 6.20 Å². The first-order valence-electron chi connectivity index (χ1n) is 8.90. The Morgan fingerprint density at radius 3 is 2.92 bits per heavy atom. The fourth-order valence-corrected chi connectivity index (χ4v) is 3.26. The van der Waals surface area contributed by atoms with Crippen LogP contribution in [0.3, 0.4) is 0 Å². The van der Waals surface area contributed by atoms with Crippen molar-refractivity contribution in [1.82, 2.24) is 15.2 Å². The minimum absolute atomic E-state index is 0.0626. The zero-order chi connectivity index (χ0) is 17.5. The third kappa shape index (κ3) is 4.57. The molecule has 1 unspecified atom stereocenters. The molecule has 1 aliphatic rings. The van der Waals surface area contributed by atoms with Crippen LogP contribution in [0.25, 0.3) is 0 Å². The van der Waals surface area contributed by atoms with Gasteiger partial charge in [-0.1, -0.05) is 36.4 Å². The van der Waals surface area contributed by atoms with Crippen molar-refractivity contribution in [3.63, 3.8) is 0 Å². The number of hydrogen-bond donors (Lipinski definition) is 1. The number of nitrogens with one attached hydrogen (secondary N) is 1. The van der Waals surface area contributed by atoms with Crippen LogP contribution >= 0.6 is 0 Å². The summed E-state index contributed by atoms with van der Waals surface area (Å²) in [7, 11) is 0. The Kier molecular flexibility index (Phi) is 6.01. The largest absolute Gasteiger partial charge is 0.478 e. The van der Waals surface area contributed by atoms with Gasteiger partial charge in [0, 0.05) is 24.8 Å². The van der Waals surface area contributed by atoms with Gasteiger partial charge < -0.3 is 10.1 Å². The van der Waals surface area contributed by atoms with Crippen molar-refractivity contribution in [2.75, 3.05) is 13.2 Å². The summed E-state index contributed by atoms with van der Waals surface area (Å²) in [5.74, 6) is 0.678. The summed E-state index contributed by atoms with van der Waals surface area (Å²) in [6.07, 6.45) is 3.67. The molecule has 0 radical (unpaired) electrons. The van der Waals surface area contributed by atoms with Crippen LogP contribution in [0.4, 0.5) is 0 Å². The summed E-state index contributed by atoms with van der Waals surface area (Å²) in [4.78, 5) is 19.2. The number of likely N-dealkylation sites (tertiary alicyclic amines) is 1. The zero-order valence-corrected chi connectivity index (χ0v) is 14.6. The highest BCUT2D eigenvalue weighted by atomic mass is 16.5. The molecule has 2 aromatic rings. The second-order valence-electron chi connectivity index (χ2n) is 6.23. The molecule has 1 amide bonds.